The Morgan fingerprint density at radius 2 is 1.69 bits per heavy atom. The van der Waals surface area contributed by atoms with Gasteiger partial charge in [0.2, 0.25) is 0 Å². The van der Waals surface area contributed by atoms with Crippen molar-refractivity contribution in [3.8, 4) is 5.75 Å². The summed E-state index contributed by atoms with van der Waals surface area (Å²) in [5, 5.41) is 0. The van der Waals surface area contributed by atoms with Crippen LogP contribution in [-0.2, 0) is 15.7 Å². The Labute approximate surface area is 186 Å². The maximum Gasteiger partial charge on any atom is 0.525 e. The van der Waals surface area contributed by atoms with Crippen LogP contribution in [0.1, 0.15) is 39.0 Å². The first kappa shape index (κ1) is 22.2. The maximum absolute atomic E-state index is 15.9. The average molecular weight is 436 g/mol. The third-order valence-electron chi connectivity index (χ3n) is 6.20. The quantitative estimate of drug-likeness (QED) is 0.597. The van der Waals surface area contributed by atoms with Crippen LogP contribution in [0.2, 0.25) is 0 Å². The predicted octanol–water partition coefficient (Wildman–Crippen LogP) is 4.49. The lowest BCUT2D eigenvalue weighted by Crippen LogP contribution is -2.41. The number of hydrogen-bond donors (Lipinski definition) is 1. The Balaban J connectivity index is 1.80. The summed E-state index contributed by atoms with van der Waals surface area (Å²) in [6, 6.07) is 14.2. The number of methoxy groups -OCH3 is 1. The molecule has 1 fully saturated rings. The molecule has 8 heteroatoms. The molecule has 0 saturated carbocycles. The summed E-state index contributed by atoms with van der Waals surface area (Å²) in [5.41, 5.74) is -0.000295. The van der Waals surface area contributed by atoms with E-state index in [0.29, 0.717) is 22.3 Å². The molecule has 4 rings (SSSR count). The van der Waals surface area contributed by atoms with Crippen LogP contribution in [0.4, 0.5) is 4.39 Å². The van der Waals surface area contributed by atoms with Crippen molar-refractivity contribution < 1.29 is 18.4 Å². The minimum atomic E-state index is -1.18. The van der Waals surface area contributed by atoms with Crippen molar-refractivity contribution in [2.24, 2.45) is 0 Å². The highest BCUT2D eigenvalue weighted by molar-refractivity contribution is 6.55. The topological polar surface area (TPSA) is 73.4 Å². The number of allylic oxidation sites excluding steroid dienone is 1. The SMILES string of the molecule is COc1ccc(C(Cc2nc3ccccc3[nH]c2=O)=C(F)B2OC(C)(C)C(C)(C)O2)cc1. The van der Waals surface area contributed by atoms with Crippen LogP contribution in [0.3, 0.4) is 0 Å². The van der Waals surface area contributed by atoms with Crippen LogP contribution in [0.15, 0.2) is 59.1 Å². The van der Waals surface area contributed by atoms with Crippen LogP contribution >= 0.6 is 0 Å². The molecule has 0 amide bonds. The molecule has 1 N–H and O–H groups in total. The number of rotatable bonds is 5. The lowest BCUT2D eigenvalue weighted by atomic mass is 9.81. The Morgan fingerprint density at radius 3 is 2.31 bits per heavy atom. The molecule has 166 valence electrons. The molecule has 2 heterocycles. The third kappa shape index (κ3) is 4.08. The van der Waals surface area contributed by atoms with Gasteiger partial charge in [0.05, 0.1) is 29.3 Å². The van der Waals surface area contributed by atoms with Gasteiger partial charge in [-0.05, 0) is 63.1 Å². The smallest absolute Gasteiger partial charge is 0.497 e. The van der Waals surface area contributed by atoms with Gasteiger partial charge in [0.15, 0.2) is 0 Å². The largest absolute Gasteiger partial charge is 0.525 e. The van der Waals surface area contributed by atoms with Gasteiger partial charge in [0.25, 0.3) is 5.56 Å². The molecule has 1 saturated heterocycles. The Kier molecular flexibility index (Phi) is 5.69. The average Bonchev–Trinajstić information content (AvgIpc) is 2.99. The number of nitrogens with zero attached hydrogens (tertiary/aromatic N) is 1. The number of hydrogen-bond acceptors (Lipinski definition) is 5. The molecule has 32 heavy (non-hydrogen) atoms. The monoisotopic (exact) mass is 436 g/mol. The zero-order valence-corrected chi connectivity index (χ0v) is 18.9. The van der Waals surface area contributed by atoms with E-state index in [1.807, 2.05) is 39.8 Å². The number of benzene rings is 2. The van der Waals surface area contributed by atoms with Gasteiger partial charge in [0, 0.05) is 6.42 Å². The van der Waals surface area contributed by atoms with E-state index in [-0.39, 0.29) is 23.2 Å². The molecular weight excluding hydrogens is 410 g/mol. The van der Waals surface area contributed by atoms with Crippen molar-refractivity contribution in [2.45, 2.75) is 45.3 Å². The van der Waals surface area contributed by atoms with E-state index in [0.717, 1.165) is 0 Å². The fraction of sp³-hybridized carbons (Fsp3) is 0.333. The Bertz CT molecular complexity index is 1220. The summed E-state index contributed by atoms with van der Waals surface area (Å²) in [4.78, 5) is 20.0. The van der Waals surface area contributed by atoms with Crippen LogP contribution < -0.4 is 10.3 Å². The molecule has 0 bridgehead atoms. The minimum absolute atomic E-state index is 0.0254. The molecule has 1 aliphatic rings. The van der Waals surface area contributed by atoms with E-state index in [1.165, 1.54) is 0 Å². The number of aromatic amines is 1. The number of para-hydroxylation sites is 2. The second-order valence-corrected chi connectivity index (χ2v) is 8.85. The van der Waals surface area contributed by atoms with Crippen LogP contribution in [0, 0.1) is 0 Å². The molecule has 1 aromatic heterocycles. The lowest BCUT2D eigenvalue weighted by Gasteiger charge is -2.32. The standard InChI is InChI=1S/C24H26BFN2O4/c1-23(2)24(3,4)32-25(31-23)21(26)17(15-10-12-16(30-5)13-11-15)14-20-22(29)28-19-9-7-6-8-18(19)27-20/h6-13H,14H2,1-5H3,(H,28,29). The first-order chi connectivity index (χ1) is 15.1. The lowest BCUT2D eigenvalue weighted by molar-refractivity contribution is 0.00578. The van der Waals surface area contributed by atoms with E-state index in [9.17, 15) is 4.79 Å². The molecule has 0 atom stereocenters. The van der Waals surface area contributed by atoms with E-state index in [4.69, 9.17) is 14.0 Å². The second-order valence-electron chi connectivity index (χ2n) is 8.85. The highest BCUT2D eigenvalue weighted by Crippen LogP contribution is 2.40. The summed E-state index contributed by atoms with van der Waals surface area (Å²) in [7, 11) is 0.381. The molecule has 1 aliphatic heterocycles. The summed E-state index contributed by atoms with van der Waals surface area (Å²) >= 11 is 0. The molecule has 0 spiro atoms. The fourth-order valence-electron chi connectivity index (χ4n) is 3.56. The molecule has 2 aromatic carbocycles. The first-order valence-electron chi connectivity index (χ1n) is 10.5. The maximum atomic E-state index is 15.9. The number of nitrogens with one attached hydrogen (secondary N) is 1. The molecular formula is C24H26BFN2O4. The normalized spacial score (nSPS) is 18.0. The van der Waals surface area contributed by atoms with Gasteiger partial charge in [-0.2, -0.15) is 0 Å². The van der Waals surface area contributed by atoms with Gasteiger partial charge in [-0.15, -0.1) is 0 Å². The molecule has 0 radical (unpaired) electrons. The van der Waals surface area contributed by atoms with Crippen molar-refractivity contribution >= 4 is 23.7 Å². The van der Waals surface area contributed by atoms with Gasteiger partial charge in [-0.3, -0.25) is 4.79 Å². The Morgan fingerprint density at radius 1 is 1.06 bits per heavy atom. The number of ether oxygens (including phenoxy) is 1. The zero-order valence-electron chi connectivity index (χ0n) is 18.9. The van der Waals surface area contributed by atoms with E-state index in [1.54, 1.807) is 43.5 Å². The number of halogens is 1. The van der Waals surface area contributed by atoms with Crippen LogP contribution in [-0.4, -0.2) is 35.4 Å². The van der Waals surface area contributed by atoms with Crippen LogP contribution in [0.25, 0.3) is 16.6 Å². The third-order valence-corrected chi connectivity index (χ3v) is 6.20. The van der Waals surface area contributed by atoms with Crippen LogP contribution in [0.5, 0.6) is 5.75 Å². The second kappa shape index (κ2) is 8.18. The fourth-order valence-corrected chi connectivity index (χ4v) is 3.56. The highest BCUT2D eigenvalue weighted by atomic mass is 19.1. The molecule has 0 unspecified atom stereocenters. The minimum Gasteiger partial charge on any atom is -0.497 e. The van der Waals surface area contributed by atoms with E-state index >= 15 is 4.39 Å². The predicted molar refractivity (Wildman–Crippen MR) is 123 cm³/mol. The van der Waals surface area contributed by atoms with Gasteiger partial charge in [-0.1, -0.05) is 24.3 Å². The molecule has 3 aromatic rings. The van der Waals surface area contributed by atoms with Crippen molar-refractivity contribution in [1.29, 1.82) is 0 Å². The van der Waals surface area contributed by atoms with Gasteiger partial charge in [0.1, 0.15) is 17.2 Å². The first-order valence-corrected chi connectivity index (χ1v) is 10.5. The van der Waals surface area contributed by atoms with Crippen molar-refractivity contribution in [1.82, 2.24) is 9.97 Å². The van der Waals surface area contributed by atoms with Gasteiger partial charge < -0.3 is 19.0 Å². The zero-order chi connectivity index (χ0) is 23.1. The summed E-state index contributed by atoms with van der Waals surface area (Å²) < 4.78 is 33.0. The number of aromatic nitrogens is 2. The van der Waals surface area contributed by atoms with Crippen molar-refractivity contribution in [3.05, 3.63) is 75.9 Å². The number of fused-ring (bicyclic) bond motifs is 1. The van der Waals surface area contributed by atoms with Gasteiger partial charge >= 0.3 is 7.12 Å². The Hall–Kier alpha value is -2.97. The van der Waals surface area contributed by atoms with Crippen molar-refractivity contribution in [2.75, 3.05) is 7.11 Å². The van der Waals surface area contributed by atoms with Crippen molar-refractivity contribution in [3.63, 3.8) is 0 Å². The summed E-state index contributed by atoms with van der Waals surface area (Å²) in [6.45, 7) is 7.46. The molecule has 6 nitrogen and oxygen atoms in total. The summed E-state index contributed by atoms with van der Waals surface area (Å²) in [5.74, 6) is 0.644. The number of H-pyrrole nitrogens is 1. The molecule has 0 aliphatic carbocycles. The van der Waals surface area contributed by atoms with E-state index < -0.39 is 24.0 Å². The summed E-state index contributed by atoms with van der Waals surface area (Å²) in [6.07, 6.45) is -0.0254. The van der Waals surface area contributed by atoms with Gasteiger partial charge in [-0.25, -0.2) is 9.37 Å². The van der Waals surface area contributed by atoms with E-state index in [2.05, 4.69) is 9.97 Å². The highest BCUT2D eigenvalue weighted by Gasteiger charge is 2.53.